The first-order chi connectivity index (χ1) is 19.8. The normalized spacial score (nSPS) is 14.2. The van der Waals surface area contributed by atoms with Crippen LogP contribution in [0.5, 0.6) is 23.0 Å². The van der Waals surface area contributed by atoms with Gasteiger partial charge in [0.2, 0.25) is 11.6 Å². The third kappa shape index (κ3) is 4.66. The minimum Gasteiger partial charge on any atom is -0.457 e. The molecule has 0 spiro atoms. The van der Waals surface area contributed by atoms with Crippen LogP contribution in [0.1, 0.15) is 44.3 Å². The Hall–Kier alpha value is -5.48. The lowest BCUT2D eigenvalue weighted by atomic mass is 9.83. The number of allylic oxidation sites excluding steroid dienone is 1. The molecule has 0 saturated carbocycles. The number of hydrogen-bond acceptors (Lipinski definition) is 7. The van der Waals surface area contributed by atoms with Gasteiger partial charge in [0, 0.05) is 22.6 Å². The maximum atomic E-state index is 13.2. The highest BCUT2D eigenvalue weighted by Crippen LogP contribution is 2.44. The number of carbonyl (C=O) groups is 1. The van der Waals surface area contributed by atoms with Crippen molar-refractivity contribution in [3.8, 4) is 29.1 Å². The maximum Gasteiger partial charge on any atom is 0.379 e. The molecule has 41 heavy (non-hydrogen) atoms. The molecule has 2 heterocycles. The van der Waals surface area contributed by atoms with Gasteiger partial charge in [-0.1, -0.05) is 48.5 Å². The summed E-state index contributed by atoms with van der Waals surface area (Å²) in [6.45, 7) is 5.79. The van der Waals surface area contributed by atoms with Gasteiger partial charge in [0.25, 0.3) is 0 Å². The highest BCUT2D eigenvalue weighted by Gasteiger charge is 2.32. The van der Waals surface area contributed by atoms with Crippen molar-refractivity contribution in [2.45, 2.75) is 26.7 Å². The molecule has 1 atom stereocenters. The Morgan fingerprint density at radius 2 is 1.66 bits per heavy atom. The van der Waals surface area contributed by atoms with Crippen LogP contribution in [0.25, 0.3) is 11.0 Å². The molecule has 6 rings (SSSR count). The summed E-state index contributed by atoms with van der Waals surface area (Å²) in [6.07, 6.45) is 0. The minimum absolute atomic E-state index is 0.0122. The lowest BCUT2D eigenvalue weighted by Crippen LogP contribution is -2.21. The molecule has 2 N–H and O–H groups in total. The zero-order valence-corrected chi connectivity index (χ0v) is 22.7. The molecule has 0 aliphatic carbocycles. The van der Waals surface area contributed by atoms with Crippen molar-refractivity contribution < 1.29 is 23.4 Å². The van der Waals surface area contributed by atoms with Crippen LogP contribution in [0, 0.1) is 32.1 Å². The molecule has 4 aromatic carbocycles. The van der Waals surface area contributed by atoms with Gasteiger partial charge in [-0.15, -0.1) is 0 Å². The molecule has 202 valence electrons. The van der Waals surface area contributed by atoms with Crippen molar-refractivity contribution in [1.29, 1.82) is 5.26 Å². The van der Waals surface area contributed by atoms with E-state index in [2.05, 4.69) is 6.07 Å². The van der Waals surface area contributed by atoms with E-state index in [4.69, 9.17) is 24.4 Å². The van der Waals surface area contributed by atoms with Gasteiger partial charge in [-0.05, 0) is 67.8 Å². The van der Waals surface area contributed by atoms with Crippen molar-refractivity contribution in [2.75, 3.05) is 0 Å². The van der Waals surface area contributed by atoms with E-state index in [9.17, 15) is 10.1 Å². The quantitative estimate of drug-likeness (QED) is 0.180. The number of nitrogens with zero attached hydrogens (tertiary/aromatic N) is 1. The molecule has 0 bridgehead atoms. The summed E-state index contributed by atoms with van der Waals surface area (Å²) < 4.78 is 23.5. The van der Waals surface area contributed by atoms with E-state index in [0.29, 0.717) is 34.0 Å². The fraction of sp³-hybridized carbons (Fsp3) is 0.118. The fourth-order valence-electron chi connectivity index (χ4n) is 5.09. The molecule has 1 aliphatic rings. The Balaban J connectivity index is 1.32. The number of carbonyl (C=O) groups excluding carboxylic acids is 1. The van der Waals surface area contributed by atoms with Crippen LogP contribution in [0.15, 0.2) is 101 Å². The van der Waals surface area contributed by atoms with Crippen molar-refractivity contribution in [3.63, 3.8) is 0 Å². The molecule has 0 saturated heterocycles. The Bertz CT molecular complexity index is 1900. The van der Waals surface area contributed by atoms with Crippen molar-refractivity contribution in [3.05, 3.63) is 130 Å². The van der Waals surface area contributed by atoms with Gasteiger partial charge in [-0.2, -0.15) is 5.26 Å². The van der Waals surface area contributed by atoms with Gasteiger partial charge in [-0.25, -0.2) is 4.79 Å². The lowest BCUT2D eigenvalue weighted by Gasteiger charge is -2.27. The number of esters is 1. The monoisotopic (exact) mass is 542 g/mol. The van der Waals surface area contributed by atoms with E-state index in [1.165, 1.54) is 0 Å². The molecule has 5 aromatic rings. The van der Waals surface area contributed by atoms with Crippen LogP contribution in [0.2, 0.25) is 0 Å². The summed E-state index contributed by atoms with van der Waals surface area (Å²) in [7, 11) is 0. The second-order valence-electron chi connectivity index (χ2n) is 9.94. The summed E-state index contributed by atoms with van der Waals surface area (Å²) in [5.41, 5.74) is 11.4. The Labute approximate surface area is 237 Å². The second kappa shape index (κ2) is 10.2. The average Bonchev–Trinajstić information content (AvgIpc) is 3.31. The fourth-order valence-corrected chi connectivity index (χ4v) is 5.09. The van der Waals surface area contributed by atoms with Crippen molar-refractivity contribution in [1.82, 2.24) is 0 Å². The number of nitriles is 1. The van der Waals surface area contributed by atoms with Crippen LogP contribution >= 0.6 is 0 Å². The van der Waals surface area contributed by atoms with Gasteiger partial charge in [0.15, 0.2) is 0 Å². The largest absolute Gasteiger partial charge is 0.457 e. The molecule has 0 fully saturated rings. The van der Waals surface area contributed by atoms with E-state index in [0.717, 1.165) is 22.1 Å². The number of benzene rings is 4. The highest BCUT2D eigenvalue weighted by molar-refractivity contribution is 5.98. The van der Waals surface area contributed by atoms with Crippen LogP contribution in [0.4, 0.5) is 0 Å². The number of hydrogen-bond donors (Lipinski definition) is 1. The predicted octanol–water partition coefficient (Wildman–Crippen LogP) is 7.59. The summed E-state index contributed by atoms with van der Waals surface area (Å²) in [5, 5.41) is 10.8. The SMILES string of the molecule is Cc1ccc2c(C)c(C(=O)Oc3ccc4c(c3)OC(N)=C(C#N)C4c3cccc(Oc4ccccc4)c3)oc2c1C. The topological polar surface area (TPSA) is 108 Å². The summed E-state index contributed by atoms with van der Waals surface area (Å²) >= 11 is 0. The van der Waals surface area contributed by atoms with E-state index >= 15 is 0 Å². The second-order valence-corrected chi connectivity index (χ2v) is 9.94. The number of furan rings is 1. The van der Waals surface area contributed by atoms with Crippen LogP contribution in [-0.2, 0) is 0 Å². The Kier molecular flexibility index (Phi) is 6.44. The van der Waals surface area contributed by atoms with Crippen molar-refractivity contribution in [2.24, 2.45) is 5.73 Å². The third-order valence-electron chi connectivity index (χ3n) is 7.38. The number of nitrogens with two attached hydrogens (primary N) is 1. The molecule has 0 radical (unpaired) electrons. The van der Waals surface area contributed by atoms with E-state index in [-0.39, 0.29) is 23.0 Å². The number of fused-ring (bicyclic) bond motifs is 2. The number of para-hydroxylation sites is 1. The molecular formula is C34H26N2O5. The molecule has 1 aliphatic heterocycles. The number of rotatable bonds is 5. The van der Waals surface area contributed by atoms with Crippen LogP contribution < -0.4 is 19.9 Å². The lowest BCUT2D eigenvalue weighted by molar-refractivity contribution is 0.0702. The standard InChI is InChI=1S/C34H26N2O5/c1-19-12-14-26-21(3)32(41-31(26)20(19)2)34(37)39-25-13-15-27-29(17-25)40-33(36)28(18-35)30(27)22-8-7-11-24(16-22)38-23-9-5-4-6-10-23/h4-17,30H,36H2,1-3H3. The van der Waals surface area contributed by atoms with Gasteiger partial charge in [0.1, 0.15) is 40.2 Å². The summed E-state index contributed by atoms with van der Waals surface area (Å²) in [6, 6.07) is 28.1. The first-order valence-electron chi connectivity index (χ1n) is 13.1. The molecule has 1 aromatic heterocycles. The molecule has 0 amide bonds. The number of aryl methyl sites for hydroxylation is 3. The third-order valence-corrected chi connectivity index (χ3v) is 7.38. The smallest absolute Gasteiger partial charge is 0.379 e. The molecule has 7 heteroatoms. The van der Waals surface area contributed by atoms with Gasteiger partial charge < -0.3 is 24.4 Å². The minimum atomic E-state index is -0.616. The maximum absolute atomic E-state index is 13.2. The Morgan fingerprint density at radius 3 is 2.44 bits per heavy atom. The van der Waals surface area contributed by atoms with Gasteiger partial charge in [0.05, 0.1) is 5.92 Å². The molecular weight excluding hydrogens is 516 g/mol. The highest BCUT2D eigenvalue weighted by atomic mass is 16.5. The zero-order valence-electron chi connectivity index (χ0n) is 22.7. The first kappa shape index (κ1) is 25.8. The predicted molar refractivity (Wildman–Crippen MR) is 154 cm³/mol. The van der Waals surface area contributed by atoms with Crippen LogP contribution in [0.3, 0.4) is 0 Å². The molecule has 7 nitrogen and oxygen atoms in total. The first-order valence-corrected chi connectivity index (χ1v) is 13.1. The number of ether oxygens (including phenoxy) is 3. The van der Waals surface area contributed by atoms with Gasteiger partial charge >= 0.3 is 5.97 Å². The zero-order chi connectivity index (χ0) is 28.7. The van der Waals surface area contributed by atoms with Crippen molar-refractivity contribution >= 4 is 16.9 Å². The molecule has 1 unspecified atom stereocenters. The summed E-state index contributed by atoms with van der Waals surface area (Å²) in [4.78, 5) is 13.2. The van der Waals surface area contributed by atoms with E-state index < -0.39 is 11.9 Å². The van der Waals surface area contributed by atoms with E-state index in [1.807, 2.05) is 87.5 Å². The van der Waals surface area contributed by atoms with Crippen LogP contribution in [-0.4, -0.2) is 5.97 Å². The Morgan fingerprint density at radius 1 is 0.878 bits per heavy atom. The van der Waals surface area contributed by atoms with Gasteiger partial charge in [-0.3, -0.25) is 0 Å². The van der Waals surface area contributed by atoms with E-state index in [1.54, 1.807) is 18.2 Å². The summed E-state index contributed by atoms with van der Waals surface area (Å²) in [5.74, 6) is 0.979. The average molecular weight is 543 g/mol.